The number of nitrogens with one attached hydrogen (secondary N) is 1. The van der Waals surface area contributed by atoms with Crippen LogP contribution in [0.2, 0.25) is 0 Å². The maximum Gasteiger partial charge on any atom is 0.239 e. The van der Waals surface area contributed by atoms with E-state index in [4.69, 9.17) is 4.74 Å². The third kappa shape index (κ3) is 3.17. The summed E-state index contributed by atoms with van der Waals surface area (Å²) in [5.41, 5.74) is 1.82. The van der Waals surface area contributed by atoms with Gasteiger partial charge in [0.1, 0.15) is 11.1 Å². The first-order valence-electron chi connectivity index (χ1n) is 7.79. The highest BCUT2D eigenvalue weighted by Gasteiger charge is 2.26. The Hall–Kier alpha value is -1.42. The van der Waals surface area contributed by atoms with E-state index in [1.54, 1.807) is 11.3 Å². The zero-order chi connectivity index (χ0) is 15.7. The number of carbonyl (C=O) groups is 1. The highest BCUT2D eigenvalue weighted by Crippen LogP contribution is 2.38. The summed E-state index contributed by atoms with van der Waals surface area (Å²) in [6.45, 7) is 5.94. The van der Waals surface area contributed by atoms with E-state index in [1.165, 1.54) is 4.88 Å². The number of aryl methyl sites for hydroxylation is 1. The number of hydrogen-bond acceptors (Lipinski definition) is 5. The van der Waals surface area contributed by atoms with Crippen molar-refractivity contribution in [3.05, 3.63) is 16.0 Å². The predicted molar refractivity (Wildman–Crippen MR) is 86.1 cm³/mol. The molecule has 2 heterocycles. The lowest BCUT2D eigenvalue weighted by molar-refractivity contribution is -0.121. The van der Waals surface area contributed by atoms with Gasteiger partial charge >= 0.3 is 0 Å². The molecule has 3 rings (SSSR count). The summed E-state index contributed by atoms with van der Waals surface area (Å²) in [5.74, 6) is -0.0438. The third-order valence-electron chi connectivity index (χ3n) is 4.15. The second-order valence-corrected chi connectivity index (χ2v) is 7.28. The average molecular weight is 319 g/mol. The number of nitrogens with zero attached hydrogens (tertiary/aromatic N) is 2. The van der Waals surface area contributed by atoms with Gasteiger partial charge in [-0.25, -0.2) is 0 Å². The van der Waals surface area contributed by atoms with E-state index in [0.717, 1.165) is 42.9 Å². The molecule has 22 heavy (non-hydrogen) atoms. The lowest BCUT2D eigenvalue weighted by Crippen LogP contribution is -2.48. The van der Waals surface area contributed by atoms with Crippen LogP contribution in [-0.4, -0.2) is 42.6 Å². The van der Waals surface area contributed by atoms with Crippen molar-refractivity contribution in [2.24, 2.45) is 0 Å². The van der Waals surface area contributed by atoms with Crippen molar-refractivity contribution in [2.75, 3.05) is 25.0 Å². The average Bonchev–Trinajstić information content (AvgIpc) is 2.97. The summed E-state index contributed by atoms with van der Waals surface area (Å²) in [7, 11) is 0. The van der Waals surface area contributed by atoms with Crippen molar-refractivity contribution in [3.8, 4) is 6.07 Å². The highest BCUT2D eigenvalue weighted by atomic mass is 32.1. The van der Waals surface area contributed by atoms with Crippen LogP contribution in [0.1, 0.15) is 36.3 Å². The largest absolute Gasteiger partial charge is 0.373 e. The molecule has 0 bridgehead atoms. The lowest BCUT2D eigenvalue weighted by Gasteiger charge is -2.34. The maximum atomic E-state index is 12.3. The molecule has 6 heteroatoms. The number of hydrogen-bond donors (Lipinski definition) is 1. The molecule has 1 amide bonds. The Morgan fingerprint density at radius 2 is 2.14 bits per heavy atom. The first-order chi connectivity index (χ1) is 10.6. The fourth-order valence-electron chi connectivity index (χ4n) is 3.39. The molecule has 1 fully saturated rings. The van der Waals surface area contributed by atoms with Gasteiger partial charge in [-0.3, -0.25) is 9.69 Å². The van der Waals surface area contributed by atoms with Gasteiger partial charge in [0.05, 0.1) is 24.3 Å². The van der Waals surface area contributed by atoms with E-state index < -0.39 is 0 Å². The van der Waals surface area contributed by atoms with E-state index in [2.05, 4.69) is 16.3 Å². The molecule has 0 aromatic carbocycles. The third-order valence-corrected chi connectivity index (χ3v) is 5.36. The van der Waals surface area contributed by atoms with Crippen LogP contribution in [-0.2, 0) is 22.4 Å². The minimum absolute atomic E-state index is 0.0438. The first kappa shape index (κ1) is 15.5. The summed E-state index contributed by atoms with van der Waals surface area (Å²) in [4.78, 5) is 15.7. The van der Waals surface area contributed by atoms with Crippen molar-refractivity contribution in [1.82, 2.24) is 4.90 Å². The van der Waals surface area contributed by atoms with Gasteiger partial charge in [0.2, 0.25) is 5.91 Å². The van der Waals surface area contributed by atoms with E-state index in [1.807, 2.05) is 13.8 Å². The molecule has 1 N–H and O–H groups in total. The number of fused-ring (bicyclic) bond motifs is 1. The Morgan fingerprint density at radius 1 is 1.41 bits per heavy atom. The normalized spacial score (nSPS) is 24.8. The van der Waals surface area contributed by atoms with Crippen LogP contribution >= 0.6 is 11.3 Å². The quantitative estimate of drug-likeness (QED) is 0.927. The zero-order valence-corrected chi connectivity index (χ0v) is 13.8. The first-order valence-corrected chi connectivity index (χ1v) is 8.60. The molecule has 0 radical (unpaired) electrons. The molecular weight excluding hydrogens is 298 g/mol. The van der Waals surface area contributed by atoms with Crippen LogP contribution in [0.5, 0.6) is 0 Å². The van der Waals surface area contributed by atoms with Gasteiger partial charge in [-0.15, -0.1) is 11.3 Å². The molecule has 1 aromatic rings. The predicted octanol–water partition coefficient (Wildman–Crippen LogP) is 2.16. The van der Waals surface area contributed by atoms with Gasteiger partial charge in [0.15, 0.2) is 0 Å². The molecule has 2 aliphatic rings. The van der Waals surface area contributed by atoms with Gasteiger partial charge in [-0.2, -0.15) is 5.26 Å². The fraction of sp³-hybridized carbons (Fsp3) is 0.625. The number of nitriles is 1. The van der Waals surface area contributed by atoms with Crippen LogP contribution in [0.3, 0.4) is 0 Å². The van der Waals surface area contributed by atoms with Crippen LogP contribution in [0.4, 0.5) is 5.00 Å². The summed E-state index contributed by atoms with van der Waals surface area (Å²) < 4.78 is 5.68. The molecule has 2 unspecified atom stereocenters. The molecule has 2 atom stereocenters. The second kappa shape index (κ2) is 6.37. The standard InChI is InChI=1S/C16H21N3O2S/c1-10-7-19(8-11(2)21-10)9-15(20)18-16-13(6-17)12-4-3-5-14(12)22-16/h10-11H,3-5,7-9H2,1-2H3,(H,18,20). The van der Waals surface area contributed by atoms with Crippen LogP contribution in [0, 0.1) is 11.3 Å². The van der Waals surface area contributed by atoms with Crippen molar-refractivity contribution in [2.45, 2.75) is 45.3 Å². The highest BCUT2D eigenvalue weighted by molar-refractivity contribution is 7.16. The van der Waals surface area contributed by atoms with E-state index in [-0.39, 0.29) is 18.1 Å². The number of amides is 1. The summed E-state index contributed by atoms with van der Waals surface area (Å²) >= 11 is 1.57. The number of anilines is 1. The monoisotopic (exact) mass is 319 g/mol. The number of rotatable bonds is 3. The minimum Gasteiger partial charge on any atom is -0.373 e. The van der Waals surface area contributed by atoms with Gasteiger partial charge in [-0.1, -0.05) is 0 Å². The minimum atomic E-state index is -0.0438. The van der Waals surface area contributed by atoms with Crippen LogP contribution in [0.15, 0.2) is 0 Å². The van der Waals surface area contributed by atoms with Crippen molar-refractivity contribution < 1.29 is 9.53 Å². The van der Waals surface area contributed by atoms with Gasteiger partial charge in [0.25, 0.3) is 0 Å². The Labute approximate surface area is 134 Å². The van der Waals surface area contributed by atoms with E-state index in [0.29, 0.717) is 12.1 Å². The SMILES string of the molecule is CC1CN(CC(=O)Nc2sc3c(c2C#N)CCC3)CC(C)O1. The van der Waals surface area contributed by atoms with E-state index in [9.17, 15) is 10.1 Å². The Balaban J connectivity index is 1.64. The molecule has 0 spiro atoms. The topological polar surface area (TPSA) is 65.4 Å². The molecule has 1 aromatic heterocycles. The van der Waals surface area contributed by atoms with Gasteiger partial charge < -0.3 is 10.1 Å². The van der Waals surface area contributed by atoms with Crippen molar-refractivity contribution in [1.29, 1.82) is 5.26 Å². The molecule has 1 saturated heterocycles. The van der Waals surface area contributed by atoms with Crippen molar-refractivity contribution >= 4 is 22.2 Å². The van der Waals surface area contributed by atoms with Crippen molar-refractivity contribution in [3.63, 3.8) is 0 Å². The molecule has 118 valence electrons. The Kier molecular flexibility index (Phi) is 4.48. The maximum absolute atomic E-state index is 12.3. The van der Waals surface area contributed by atoms with Gasteiger partial charge in [-0.05, 0) is 38.7 Å². The van der Waals surface area contributed by atoms with Gasteiger partial charge in [0, 0.05) is 18.0 Å². The number of morpholine rings is 1. The number of carbonyl (C=O) groups excluding carboxylic acids is 1. The molecule has 1 aliphatic heterocycles. The lowest BCUT2D eigenvalue weighted by atomic mass is 10.1. The number of thiophene rings is 1. The smallest absolute Gasteiger partial charge is 0.239 e. The molecule has 1 aliphatic carbocycles. The summed E-state index contributed by atoms with van der Waals surface area (Å²) in [5, 5.41) is 13.0. The summed E-state index contributed by atoms with van der Waals surface area (Å²) in [6, 6.07) is 2.26. The molecule has 5 nitrogen and oxygen atoms in total. The Morgan fingerprint density at radius 3 is 2.82 bits per heavy atom. The Bertz CT molecular complexity index is 610. The second-order valence-electron chi connectivity index (χ2n) is 6.17. The number of ether oxygens (including phenoxy) is 1. The van der Waals surface area contributed by atoms with Crippen LogP contribution in [0.25, 0.3) is 0 Å². The molecule has 0 saturated carbocycles. The van der Waals surface area contributed by atoms with Crippen LogP contribution < -0.4 is 5.32 Å². The fourth-order valence-corrected chi connectivity index (χ4v) is 4.65. The zero-order valence-electron chi connectivity index (χ0n) is 13.0. The molecular formula is C16H21N3O2S. The summed E-state index contributed by atoms with van der Waals surface area (Å²) in [6.07, 6.45) is 3.41. The van der Waals surface area contributed by atoms with E-state index >= 15 is 0 Å².